The average Bonchev–Trinajstić information content (AvgIpc) is 3.02. The van der Waals surface area contributed by atoms with Gasteiger partial charge in [0.05, 0.1) is 5.56 Å². The van der Waals surface area contributed by atoms with Crippen molar-refractivity contribution in [3.8, 4) is 0 Å². The van der Waals surface area contributed by atoms with Gasteiger partial charge in [0.2, 0.25) is 0 Å². The Bertz CT molecular complexity index is 394. The molecule has 1 aromatic carbocycles. The average molecular weight is 243 g/mol. The van der Waals surface area contributed by atoms with Gasteiger partial charge in [-0.1, -0.05) is 12.1 Å². The van der Waals surface area contributed by atoms with Crippen LogP contribution in [0.1, 0.15) is 29.5 Å². The van der Waals surface area contributed by atoms with E-state index in [-0.39, 0.29) is 0 Å². The lowest BCUT2D eigenvalue weighted by Gasteiger charge is -2.14. The van der Waals surface area contributed by atoms with Crippen molar-refractivity contribution in [3.63, 3.8) is 0 Å². The van der Waals surface area contributed by atoms with Crippen molar-refractivity contribution in [2.45, 2.75) is 38.4 Å². The lowest BCUT2D eigenvalue weighted by molar-refractivity contribution is -0.138. The van der Waals surface area contributed by atoms with E-state index in [0.717, 1.165) is 18.2 Å². The topological polar surface area (TPSA) is 12.0 Å². The molecule has 1 N–H and O–H groups in total. The monoisotopic (exact) mass is 243 g/mol. The summed E-state index contributed by atoms with van der Waals surface area (Å²) >= 11 is 0. The molecule has 0 aromatic heterocycles. The van der Waals surface area contributed by atoms with Crippen LogP contribution < -0.4 is 5.32 Å². The maximum Gasteiger partial charge on any atom is 0.416 e. The summed E-state index contributed by atoms with van der Waals surface area (Å²) in [7, 11) is 0. The zero-order valence-electron chi connectivity index (χ0n) is 9.77. The van der Waals surface area contributed by atoms with E-state index in [4.69, 9.17) is 0 Å². The highest BCUT2D eigenvalue weighted by Gasteiger charge is 2.32. The van der Waals surface area contributed by atoms with Crippen molar-refractivity contribution in [1.82, 2.24) is 5.32 Å². The summed E-state index contributed by atoms with van der Waals surface area (Å²) < 4.78 is 38.0. The molecule has 0 atom stereocenters. The van der Waals surface area contributed by atoms with Crippen LogP contribution in [0.3, 0.4) is 0 Å². The molecule has 1 saturated carbocycles. The fourth-order valence-electron chi connectivity index (χ4n) is 1.96. The Labute approximate surface area is 99.0 Å². The van der Waals surface area contributed by atoms with Gasteiger partial charge in [-0.3, -0.25) is 0 Å². The molecule has 1 aromatic rings. The minimum atomic E-state index is -4.25. The molecule has 0 aliphatic heterocycles. The van der Waals surface area contributed by atoms with Crippen LogP contribution in [-0.2, 0) is 12.6 Å². The van der Waals surface area contributed by atoms with Crippen molar-refractivity contribution in [2.24, 2.45) is 0 Å². The minimum Gasteiger partial charge on any atom is -0.314 e. The van der Waals surface area contributed by atoms with E-state index in [9.17, 15) is 13.2 Å². The fourth-order valence-corrected chi connectivity index (χ4v) is 1.96. The Kier molecular flexibility index (Phi) is 3.43. The molecule has 0 spiro atoms. The first-order valence-corrected chi connectivity index (χ1v) is 5.87. The predicted octanol–water partition coefficient (Wildman–Crippen LogP) is 3.31. The van der Waals surface area contributed by atoms with Crippen molar-refractivity contribution < 1.29 is 13.2 Å². The van der Waals surface area contributed by atoms with Gasteiger partial charge in [-0.05, 0) is 49.9 Å². The molecule has 0 amide bonds. The maximum atomic E-state index is 12.7. The molecule has 1 nitrogen and oxygen atoms in total. The molecule has 0 unspecified atom stereocenters. The second-order valence-corrected chi connectivity index (χ2v) is 4.57. The third kappa shape index (κ3) is 3.22. The highest BCUT2D eigenvalue weighted by molar-refractivity contribution is 5.36. The van der Waals surface area contributed by atoms with E-state index >= 15 is 0 Å². The summed E-state index contributed by atoms with van der Waals surface area (Å²) in [6.45, 7) is 2.31. The van der Waals surface area contributed by atoms with Crippen LogP contribution in [0.15, 0.2) is 18.2 Å². The van der Waals surface area contributed by atoms with Gasteiger partial charge in [0.15, 0.2) is 0 Å². The quantitative estimate of drug-likeness (QED) is 0.855. The highest BCUT2D eigenvalue weighted by Crippen LogP contribution is 2.33. The molecule has 94 valence electrons. The summed E-state index contributed by atoms with van der Waals surface area (Å²) in [6.07, 6.45) is -1.20. The van der Waals surface area contributed by atoms with Gasteiger partial charge in [-0.2, -0.15) is 13.2 Å². The molecule has 1 fully saturated rings. The number of benzene rings is 1. The van der Waals surface area contributed by atoms with Gasteiger partial charge in [-0.15, -0.1) is 0 Å². The third-order valence-corrected chi connectivity index (χ3v) is 3.16. The number of nitrogens with one attached hydrogen (secondary N) is 1. The summed E-state index contributed by atoms with van der Waals surface area (Å²) in [5, 5.41) is 3.31. The van der Waals surface area contributed by atoms with Crippen LogP contribution in [0, 0.1) is 6.92 Å². The Hall–Kier alpha value is -1.03. The molecule has 0 heterocycles. The first-order chi connectivity index (χ1) is 7.98. The molecule has 17 heavy (non-hydrogen) atoms. The first kappa shape index (κ1) is 12.4. The van der Waals surface area contributed by atoms with Crippen LogP contribution in [0.5, 0.6) is 0 Å². The van der Waals surface area contributed by atoms with Crippen LogP contribution in [-0.4, -0.2) is 12.6 Å². The smallest absolute Gasteiger partial charge is 0.314 e. The lowest BCUT2D eigenvalue weighted by Crippen LogP contribution is -2.20. The van der Waals surface area contributed by atoms with Gasteiger partial charge < -0.3 is 5.32 Å². The second kappa shape index (κ2) is 4.69. The molecular weight excluding hydrogens is 227 g/mol. The first-order valence-electron chi connectivity index (χ1n) is 5.87. The molecule has 2 rings (SSSR count). The largest absolute Gasteiger partial charge is 0.416 e. The van der Waals surface area contributed by atoms with E-state index in [1.54, 1.807) is 13.0 Å². The van der Waals surface area contributed by atoms with Gasteiger partial charge in [0.1, 0.15) is 0 Å². The predicted molar refractivity (Wildman–Crippen MR) is 60.9 cm³/mol. The Balaban J connectivity index is 2.05. The van der Waals surface area contributed by atoms with E-state index in [0.29, 0.717) is 18.0 Å². The summed E-state index contributed by atoms with van der Waals surface area (Å²) in [6, 6.07) is 5.01. The Morgan fingerprint density at radius 1 is 1.29 bits per heavy atom. The molecule has 0 radical (unpaired) electrons. The normalized spacial score (nSPS) is 16.2. The second-order valence-electron chi connectivity index (χ2n) is 4.57. The zero-order chi connectivity index (χ0) is 12.5. The van der Waals surface area contributed by atoms with Gasteiger partial charge >= 0.3 is 6.18 Å². The molecule has 0 bridgehead atoms. The van der Waals surface area contributed by atoms with Gasteiger partial charge in [0.25, 0.3) is 0 Å². The van der Waals surface area contributed by atoms with Gasteiger partial charge in [0, 0.05) is 6.04 Å². The van der Waals surface area contributed by atoms with Crippen molar-refractivity contribution in [1.29, 1.82) is 0 Å². The van der Waals surface area contributed by atoms with Crippen LogP contribution in [0.4, 0.5) is 13.2 Å². The number of alkyl halides is 3. The third-order valence-electron chi connectivity index (χ3n) is 3.16. The number of hydrogen-bond donors (Lipinski definition) is 1. The summed E-state index contributed by atoms with van der Waals surface area (Å²) in [4.78, 5) is 0. The summed E-state index contributed by atoms with van der Waals surface area (Å²) in [5.74, 6) is 0. The van der Waals surface area contributed by atoms with E-state index in [2.05, 4.69) is 5.32 Å². The van der Waals surface area contributed by atoms with E-state index in [1.165, 1.54) is 18.9 Å². The number of hydrogen-bond acceptors (Lipinski definition) is 1. The molecule has 1 aliphatic carbocycles. The zero-order valence-corrected chi connectivity index (χ0v) is 9.77. The van der Waals surface area contributed by atoms with E-state index < -0.39 is 11.7 Å². The SMILES string of the molecule is Cc1c(CCNC2CC2)cccc1C(F)(F)F. The minimum absolute atomic E-state index is 0.359. The van der Waals surface area contributed by atoms with Crippen LogP contribution in [0.2, 0.25) is 0 Å². The number of halogens is 3. The summed E-state index contributed by atoms with van der Waals surface area (Å²) in [5.41, 5.74) is 0.631. The van der Waals surface area contributed by atoms with Crippen molar-refractivity contribution >= 4 is 0 Å². The Morgan fingerprint density at radius 3 is 2.59 bits per heavy atom. The van der Waals surface area contributed by atoms with Crippen LogP contribution >= 0.6 is 0 Å². The van der Waals surface area contributed by atoms with Gasteiger partial charge in [-0.25, -0.2) is 0 Å². The molecule has 1 aliphatic rings. The van der Waals surface area contributed by atoms with Crippen molar-refractivity contribution in [2.75, 3.05) is 6.54 Å². The highest BCUT2D eigenvalue weighted by atomic mass is 19.4. The Morgan fingerprint density at radius 2 is 2.00 bits per heavy atom. The maximum absolute atomic E-state index is 12.7. The van der Waals surface area contributed by atoms with Crippen LogP contribution in [0.25, 0.3) is 0 Å². The molecular formula is C13H16F3N. The number of rotatable bonds is 4. The van der Waals surface area contributed by atoms with E-state index in [1.807, 2.05) is 0 Å². The standard InChI is InChI=1S/C13H16F3N/c1-9-10(7-8-17-11-5-6-11)3-2-4-12(9)13(14,15)16/h2-4,11,17H,5-8H2,1H3. The fraction of sp³-hybridized carbons (Fsp3) is 0.538. The lowest BCUT2D eigenvalue weighted by atomic mass is 10.00. The molecule has 0 saturated heterocycles. The van der Waals surface area contributed by atoms with Crippen molar-refractivity contribution in [3.05, 3.63) is 34.9 Å². The molecule has 4 heteroatoms.